The summed E-state index contributed by atoms with van der Waals surface area (Å²) in [7, 11) is 1.35. The number of halogens is 3. The van der Waals surface area contributed by atoms with Crippen molar-refractivity contribution in [1.29, 1.82) is 0 Å². The molecule has 16 heavy (non-hydrogen) atoms. The third-order valence-corrected chi connectivity index (χ3v) is 3.28. The number of nitrogens with two attached hydrogens (primary N) is 1. The van der Waals surface area contributed by atoms with Gasteiger partial charge in [0.1, 0.15) is 5.54 Å². The van der Waals surface area contributed by atoms with E-state index in [0.29, 0.717) is 0 Å². The lowest BCUT2D eigenvalue weighted by atomic mass is 10.2. The number of nitrogen functional groups attached to an aromatic ring is 1. The van der Waals surface area contributed by atoms with Crippen molar-refractivity contribution < 1.29 is 17.9 Å². The number of alkyl halides is 3. The van der Waals surface area contributed by atoms with Crippen LogP contribution in [0.4, 0.5) is 24.0 Å². The molecule has 0 saturated heterocycles. The first-order valence-corrected chi connectivity index (χ1v) is 5.31. The van der Waals surface area contributed by atoms with Crippen molar-refractivity contribution in [3.8, 4) is 5.75 Å². The number of anilines is 2. The Morgan fingerprint density at radius 2 is 2.12 bits per heavy atom. The maximum Gasteiger partial charge on any atom is 0.411 e. The molecule has 1 aromatic rings. The number of aromatic nitrogens is 1. The van der Waals surface area contributed by atoms with Gasteiger partial charge in [-0.3, -0.25) is 0 Å². The lowest BCUT2D eigenvalue weighted by Crippen LogP contribution is -2.38. The molecule has 8 heteroatoms. The zero-order valence-electron chi connectivity index (χ0n) is 8.39. The average Bonchev–Trinajstić information content (AvgIpc) is 2.87. The summed E-state index contributed by atoms with van der Waals surface area (Å²) in [5.41, 5.74) is 3.63. The fourth-order valence-electron chi connectivity index (χ4n) is 1.39. The van der Waals surface area contributed by atoms with Crippen LogP contribution in [0.5, 0.6) is 5.75 Å². The fraction of sp³-hybridized carbons (Fsp3) is 0.625. The molecular weight excluding hydrogens is 243 g/mol. The Morgan fingerprint density at radius 3 is 2.56 bits per heavy atom. The lowest BCUT2D eigenvalue weighted by Gasteiger charge is -2.20. The van der Waals surface area contributed by atoms with Gasteiger partial charge in [0, 0.05) is 0 Å². The first kappa shape index (κ1) is 11.3. The summed E-state index contributed by atoms with van der Waals surface area (Å²) in [4.78, 5) is 0. The minimum absolute atomic E-state index is 0.0669. The van der Waals surface area contributed by atoms with Gasteiger partial charge in [0.15, 0.2) is 16.6 Å². The highest BCUT2D eigenvalue weighted by atomic mass is 32.1. The molecule has 0 amide bonds. The second-order valence-electron chi connectivity index (χ2n) is 3.64. The third kappa shape index (κ3) is 1.66. The maximum atomic E-state index is 12.7. The number of rotatable bonds is 3. The normalized spacial score (nSPS) is 18.2. The molecule has 1 heterocycles. The van der Waals surface area contributed by atoms with E-state index in [-0.39, 0.29) is 29.4 Å². The van der Waals surface area contributed by atoms with Crippen molar-refractivity contribution in [3.05, 3.63) is 0 Å². The van der Waals surface area contributed by atoms with Gasteiger partial charge in [-0.15, -0.1) is 0 Å². The van der Waals surface area contributed by atoms with E-state index in [0.717, 1.165) is 11.5 Å². The Bertz CT molecular complexity index is 400. The first-order valence-electron chi connectivity index (χ1n) is 4.54. The molecule has 1 aromatic heterocycles. The van der Waals surface area contributed by atoms with Gasteiger partial charge in [-0.1, -0.05) is 0 Å². The van der Waals surface area contributed by atoms with Crippen LogP contribution in [0, 0.1) is 0 Å². The highest BCUT2D eigenvalue weighted by Gasteiger charge is 2.64. The summed E-state index contributed by atoms with van der Waals surface area (Å²) < 4.78 is 46.7. The molecule has 4 nitrogen and oxygen atoms in total. The highest BCUT2D eigenvalue weighted by Crippen LogP contribution is 2.53. The van der Waals surface area contributed by atoms with Crippen LogP contribution in [-0.4, -0.2) is 23.2 Å². The number of hydrogen-bond donors (Lipinski definition) is 2. The van der Waals surface area contributed by atoms with Gasteiger partial charge in [0.05, 0.1) is 7.11 Å². The predicted molar refractivity (Wildman–Crippen MR) is 54.7 cm³/mol. The molecule has 0 spiro atoms. The second-order valence-corrected chi connectivity index (χ2v) is 4.41. The number of ether oxygens (including phenoxy) is 1. The molecule has 1 aliphatic carbocycles. The highest BCUT2D eigenvalue weighted by molar-refractivity contribution is 7.11. The Balaban J connectivity index is 2.22. The van der Waals surface area contributed by atoms with Gasteiger partial charge < -0.3 is 15.8 Å². The van der Waals surface area contributed by atoms with E-state index in [4.69, 9.17) is 10.5 Å². The van der Waals surface area contributed by atoms with Gasteiger partial charge in [-0.25, -0.2) is 0 Å². The summed E-state index contributed by atoms with van der Waals surface area (Å²) in [5, 5.41) is 2.67. The maximum absolute atomic E-state index is 12.7. The van der Waals surface area contributed by atoms with Crippen molar-refractivity contribution in [2.24, 2.45) is 0 Å². The number of nitrogens with zero attached hydrogens (tertiary/aromatic N) is 1. The monoisotopic (exact) mass is 253 g/mol. The third-order valence-electron chi connectivity index (χ3n) is 2.52. The summed E-state index contributed by atoms with van der Waals surface area (Å²) in [6.45, 7) is 0. The predicted octanol–water partition coefficient (Wildman–Crippen LogP) is 2.24. The minimum atomic E-state index is -4.27. The van der Waals surface area contributed by atoms with Crippen LogP contribution in [0.3, 0.4) is 0 Å². The van der Waals surface area contributed by atoms with Crippen LogP contribution in [0.1, 0.15) is 12.8 Å². The van der Waals surface area contributed by atoms with Crippen LogP contribution in [0.2, 0.25) is 0 Å². The van der Waals surface area contributed by atoms with Gasteiger partial charge >= 0.3 is 6.18 Å². The molecule has 2 rings (SSSR count). The minimum Gasteiger partial charge on any atom is -0.490 e. The molecule has 1 fully saturated rings. The van der Waals surface area contributed by atoms with Crippen molar-refractivity contribution in [2.75, 3.05) is 18.2 Å². The Kier molecular flexibility index (Phi) is 2.41. The topological polar surface area (TPSA) is 60.2 Å². The van der Waals surface area contributed by atoms with Crippen LogP contribution in [-0.2, 0) is 0 Å². The Morgan fingerprint density at radius 1 is 1.50 bits per heavy atom. The average molecular weight is 253 g/mol. The Hall–Kier alpha value is -1.18. The molecule has 0 aromatic carbocycles. The molecule has 0 radical (unpaired) electrons. The summed E-state index contributed by atoms with van der Waals surface area (Å²) >= 11 is 0.873. The Labute approximate surface area is 93.8 Å². The number of hydrogen-bond acceptors (Lipinski definition) is 5. The molecular formula is C8H10F3N3OS. The van der Waals surface area contributed by atoms with Crippen LogP contribution in [0.25, 0.3) is 0 Å². The van der Waals surface area contributed by atoms with Crippen molar-refractivity contribution in [2.45, 2.75) is 24.6 Å². The van der Waals surface area contributed by atoms with Crippen LogP contribution < -0.4 is 15.8 Å². The van der Waals surface area contributed by atoms with Gasteiger partial charge in [-0.2, -0.15) is 17.5 Å². The molecule has 1 saturated carbocycles. The van der Waals surface area contributed by atoms with E-state index >= 15 is 0 Å². The SMILES string of the molecule is COc1c(N)nsc1NC1(C(F)(F)F)CC1. The molecule has 3 N–H and O–H groups in total. The molecule has 1 aliphatic rings. The number of nitrogens with one attached hydrogen (secondary N) is 1. The summed E-state index contributed by atoms with van der Waals surface area (Å²) in [5.74, 6) is 0.286. The van der Waals surface area contributed by atoms with Gasteiger partial charge in [0.2, 0.25) is 0 Å². The number of methoxy groups -OCH3 is 1. The summed E-state index contributed by atoms with van der Waals surface area (Å²) in [6.07, 6.45) is -4.13. The molecule has 0 bridgehead atoms. The molecule has 90 valence electrons. The van der Waals surface area contributed by atoms with Crippen LogP contribution in [0.15, 0.2) is 0 Å². The van der Waals surface area contributed by atoms with E-state index in [9.17, 15) is 13.2 Å². The van der Waals surface area contributed by atoms with Crippen molar-refractivity contribution >= 4 is 22.4 Å². The molecule has 0 atom stereocenters. The van der Waals surface area contributed by atoms with E-state index in [2.05, 4.69) is 9.69 Å². The standard InChI is InChI=1S/C8H10F3N3OS/c1-15-4-5(12)14-16-6(4)13-7(2-3-7)8(9,10)11/h13H,2-3H2,1H3,(H2,12,14). The van der Waals surface area contributed by atoms with Gasteiger partial charge in [0.25, 0.3) is 0 Å². The summed E-state index contributed by atoms with van der Waals surface area (Å²) in [6, 6.07) is 0. The largest absolute Gasteiger partial charge is 0.490 e. The van der Waals surface area contributed by atoms with E-state index in [1.165, 1.54) is 7.11 Å². The zero-order valence-corrected chi connectivity index (χ0v) is 9.21. The second kappa shape index (κ2) is 3.41. The lowest BCUT2D eigenvalue weighted by molar-refractivity contribution is -0.151. The van der Waals surface area contributed by atoms with Crippen LogP contribution >= 0.6 is 11.5 Å². The van der Waals surface area contributed by atoms with E-state index in [1.807, 2.05) is 0 Å². The van der Waals surface area contributed by atoms with Crippen molar-refractivity contribution in [1.82, 2.24) is 4.37 Å². The van der Waals surface area contributed by atoms with Crippen molar-refractivity contribution in [3.63, 3.8) is 0 Å². The van der Waals surface area contributed by atoms with E-state index in [1.54, 1.807) is 0 Å². The van der Waals surface area contributed by atoms with E-state index < -0.39 is 11.7 Å². The first-order chi connectivity index (χ1) is 7.39. The molecule has 0 unspecified atom stereocenters. The van der Waals surface area contributed by atoms with Gasteiger partial charge in [-0.05, 0) is 24.4 Å². The smallest absolute Gasteiger partial charge is 0.411 e. The molecule has 0 aliphatic heterocycles. The fourth-order valence-corrected chi connectivity index (χ4v) is 2.18. The zero-order chi connectivity index (χ0) is 12.0. The quantitative estimate of drug-likeness (QED) is 0.867.